The van der Waals surface area contributed by atoms with Gasteiger partial charge in [-0.25, -0.2) is 13.1 Å². The predicted molar refractivity (Wildman–Crippen MR) is 101 cm³/mol. The number of rotatable bonds is 5. The van der Waals surface area contributed by atoms with Crippen molar-refractivity contribution < 1.29 is 13.2 Å². The van der Waals surface area contributed by atoms with Crippen LogP contribution < -0.4 is 4.72 Å². The zero-order valence-electron chi connectivity index (χ0n) is 14.9. The number of piperidine rings is 1. The Bertz CT molecular complexity index is 887. The summed E-state index contributed by atoms with van der Waals surface area (Å²) in [5.74, 6) is -0.0966. The number of hydrogen-bond acceptors (Lipinski definition) is 3. The zero-order chi connectivity index (χ0) is 18.6. The minimum atomic E-state index is -3.68. The van der Waals surface area contributed by atoms with E-state index in [1.165, 1.54) is 12.1 Å². The van der Waals surface area contributed by atoms with Crippen LogP contribution in [-0.4, -0.2) is 32.3 Å². The summed E-state index contributed by atoms with van der Waals surface area (Å²) >= 11 is 0. The molecule has 1 saturated heterocycles. The minimum Gasteiger partial charge on any atom is -0.339 e. The van der Waals surface area contributed by atoms with Crippen molar-refractivity contribution in [1.29, 1.82) is 0 Å². The number of carbonyl (C=O) groups excluding carboxylic acids is 1. The lowest BCUT2D eigenvalue weighted by molar-refractivity contribution is 0.0724. The average molecular weight is 372 g/mol. The summed E-state index contributed by atoms with van der Waals surface area (Å²) in [5.41, 5.74) is 2.38. The summed E-state index contributed by atoms with van der Waals surface area (Å²) < 4.78 is 27.9. The van der Waals surface area contributed by atoms with Gasteiger partial charge in [0, 0.05) is 25.2 Å². The fourth-order valence-electron chi connectivity index (χ4n) is 3.14. The van der Waals surface area contributed by atoms with Gasteiger partial charge >= 0.3 is 0 Å². The monoisotopic (exact) mass is 372 g/mol. The Morgan fingerprint density at radius 2 is 1.77 bits per heavy atom. The van der Waals surface area contributed by atoms with Gasteiger partial charge in [-0.3, -0.25) is 4.79 Å². The van der Waals surface area contributed by atoms with E-state index in [2.05, 4.69) is 4.72 Å². The SMILES string of the molecule is Cc1ccccc1CNS(=O)(=O)c1cccc(C(=O)N2CCCCC2)c1. The largest absolute Gasteiger partial charge is 0.339 e. The van der Waals surface area contributed by atoms with E-state index in [0.717, 1.165) is 43.5 Å². The van der Waals surface area contributed by atoms with Crippen LogP contribution in [0.25, 0.3) is 0 Å². The number of amides is 1. The summed E-state index contributed by atoms with van der Waals surface area (Å²) in [5, 5.41) is 0. The highest BCUT2D eigenvalue weighted by Gasteiger charge is 2.21. The maximum absolute atomic E-state index is 12.6. The first-order valence-electron chi connectivity index (χ1n) is 8.91. The quantitative estimate of drug-likeness (QED) is 0.877. The standard InChI is InChI=1S/C20H24N2O3S/c1-16-8-3-4-9-18(16)15-21-26(24,25)19-11-7-10-17(14-19)20(23)22-12-5-2-6-13-22/h3-4,7-11,14,21H,2,5-6,12-13,15H2,1H3. The van der Waals surface area contributed by atoms with E-state index in [0.29, 0.717) is 5.56 Å². The first kappa shape index (κ1) is 18.6. The molecule has 1 fully saturated rings. The van der Waals surface area contributed by atoms with Crippen molar-refractivity contribution >= 4 is 15.9 Å². The van der Waals surface area contributed by atoms with Gasteiger partial charge in [0.25, 0.3) is 5.91 Å². The van der Waals surface area contributed by atoms with Gasteiger partial charge in [-0.1, -0.05) is 30.3 Å². The molecule has 138 valence electrons. The fourth-order valence-corrected chi connectivity index (χ4v) is 4.19. The highest BCUT2D eigenvalue weighted by atomic mass is 32.2. The lowest BCUT2D eigenvalue weighted by atomic mass is 10.1. The molecule has 0 atom stereocenters. The van der Waals surface area contributed by atoms with Gasteiger partial charge in [0.2, 0.25) is 10.0 Å². The molecule has 0 aromatic heterocycles. The van der Waals surface area contributed by atoms with Crippen molar-refractivity contribution in [3.8, 4) is 0 Å². The van der Waals surface area contributed by atoms with E-state index in [9.17, 15) is 13.2 Å². The smallest absolute Gasteiger partial charge is 0.253 e. The normalized spacial score (nSPS) is 15.0. The molecular formula is C20H24N2O3S. The summed E-state index contributed by atoms with van der Waals surface area (Å²) in [6, 6.07) is 13.9. The molecule has 2 aromatic carbocycles. The fraction of sp³-hybridized carbons (Fsp3) is 0.350. The van der Waals surface area contributed by atoms with Crippen LogP contribution in [0.4, 0.5) is 0 Å². The molecule has 1 heterocycles. The molecule has 5 nitrogen and oxygen atoms in total. The van der Waals surface area contributed by atoms with Crippen molar-refractivity contribution in [2.45, 2.75) is 37.6 Å². The van der Waals surface area contributed by atoms with Crippen LogP contribution in [0.3, 0.4) is 0 Å². The van der Waals surface area contributed by atoms with Crippen LogP contribution in [0.1, 0.15) is 40.7 Å². The molecule has 1 aliphatic rings. The molecule has 0 saturated carbocycles. The van der Waals surface area contributed by atoms with Crippen LogP contribution in [0.15, 0.2) is 53.4 Å². The summed E-state index contributed by atoms with van der Waals surface area (Å²) in [6.07, 6.45) is 3.14. The van der Waals surface area contributed by atoms with Gasteiger partial charge in [-0.15, -0.1) is 0 Å². The number of likely N-dealkylation sites (tertiary alicyclic amines) is 1. The van der Waals surface area contributed by atoms with Crippen molar-refractivity contribution in [3.63, 3.8) is 0 Å². The topological polar surface area (TPSA) is 66.5 Å². The second-order valence-electron chi connectivity index (χ2n) is 6.63. The minimum absolute atomic E-state index is 0.0966. The Morgan fingerprint density at radius 3 is 2.50 bits per heavy atom. The Hall–Kier alpha value is -2.18. The Labute approximate surface area is 155 Å². The van der Waals surface area contributed by atoms with Crippen molar-refractivity contribution in [3.05, 3.63) is 65.2 Å². The summed E-state index contributed by atoms with van der Waals surface area (Å²) in [6.45, 7) is 3.64. The summed E-state index contributed by atoms with van der Waals surface area (Å²) in [4.78, 5) is 14.5. The van der Waals surface area contributed by atoms with E-state index < -0.39 is 10.0 Å². The van der Waals surface area contributed by atoms with Crippen molar-refractivity contribution in [1.82, 2.24) is 9.62 Å². The van der Waals surface area contributed by atoms with E-state index in [1.54, 1.807) is 17.0 Å². The van der Waals surface area contributed by atoms with Crippen LogP contribution in [0.5, 0.6) is 0 Å². The number of aryl methyl sites for hydroxylation is 1. The second-order valence-corrected chi connectivity index (χ2v) is 8.40. The molecule has 0 unspecified atom stereocenters. The third-order valence-corrected chi connectivity index (χ3v) is 6.15. The first-order chi connectivity index (χ1) is 12.5. The molecule has 2 aromatic rings. The number of sulfonamides is 1. The molecule has 0 bridgehead atoms. The molecular weight excluding hydrogens is 348 g/mol. The maximum atomic E-state index is 12.6. The van der Waals surface area contributed by atoms with Gasteiger partial charge in [0.05, 0.1) is 4.90 Å². The van der Waals surface area contributed by atoms with Gasteiger partial charge in [0.15, 0.2) is 0 Å². The molecule has 6 heteroatoms. The Morgan fingerprint density at radius 1 is 1.04 bits per heavy atom. The van der Waals surface area contributed by atoms with E-state index in [1.807, 2.05) is 31.2 Å². The molecule has 0 aliphatic carbocycles. The third kappa shape index (κ3) is 4.31. The Balaban J connectivity index is 1.75. The number of nitrogens with zero attached hydrogens (tertiary/aromatic N) is 1. The van der Waals surface area contributed by atoms with Gasteiger partial charge in [-0.2, -0.15) is 0 Å². The highest BCUT2D eigenvalue weighted by molar-refractivity contribution is 7.89. The lowest BCUT2D eigenvalue weighted by Gasteiger charge is -2.26. The van der Waals surface area contributed by atoms with Crippen molar-refractivity contribution in [2.75, 3.05) is 13.1 Å². The molecule has 1 aliphatic heterocycles. The zero-order valence-corrected chi connectivity index (χ0v) is 15.8. The van der Waals surface area contributed by atoms with E-state index >= 15 is 0 Å². The highest BCUT2D eigenvalue weighted by Crippen LogP contribution is 2.17. The van der Waals surface area contributed by atoms with Crippen LogP contribution >= 0.6 is 0 Å². The number of carbonyl (C=O) groups is 1. The van der Waals surface area contributed by atoms with Crippen LogP contribution in [0.2, 0.25) is 0 Å². The van der Waals surface area contributed by atoms with E-state index in [-0.39, 0.29) is 17.3 Å². The average Bonchev–Trinajstić information content (AvgIpc) is 2.67. The third-order valence-electron chi connectivity index (χ3n) is 4.75. The molecule has 1 N–H and O–H groups in total. The van der Waals surface area contributed by atoms with Crippen LogP contribution in [-0.2, 0) is 16.6 Å². The first-order valence-corrected chi connectivity index (χ1v) is 10.4. The predicted octanol–water partition coefficient (Wildman–Crippen LogP) is 3.10. The molecule has 0 spiro atoms. The molecule has 3 rings (SSSR count). The number of nitrogens with one attached hydrogen (secondary N) is 1. The number of hydrogen-bond donors (Lipinski definition) is 1. The van der Waals surface area contributed by atoms with E-state index in [4.69, 9.17) is 0 Å². The van der Waals surface area contributed by atoms with Gasteiger partial charge in [-0.05, 0) is 55.5 Å². The van der Waals surface area contributed by atoms with Gasteiger partial charge in [0.1, 0.15) is 0 Å². The summed E-state index contributed by atoms with van der Waals surface area (Å²) in [7, 11) is -3.68. The van der Waals surface area contributed by atoms with Gasteiger partial charge < -0.3 is 4.90 Å². The lowest BCUT2D eigenvalue weighted by Crippen LogP contribution is -2.35. The van der Waals surface area contributed by atoms with Crippen molar-refractivity contribution in [2.24, 2.45) is 0 Å². The molecule has 1 amide bonds. The molecule has 26 heavy (non-hydrogen) atoms. The molecule has 0 radical (unpaired) electrons. The van der Waals surface area contributed by atoms with Crippen LogP contribution in [0, 0.1) is 6.92 Å². The number of benzene rings is 2. The second kappa shape index (κ2) is 8.01. The maximum Gasteiger partial charge on any atom is 0.253 e. The Kier molecular flexibility index (Phi) is 5.74.